The number of carbonyl (C=O) groups is 2. The Morgan fingerprint density at radius 2 is 2.00 bits per heavy atom. The second-order valence-electron chi connectivity index (χ2n) is 5.88. The van der Waals surface area contributed by atoms with Crippen molar-refractivity contribution in [1.82, 2.24) is 20.2 Å². The minimum Gasteiger partial charge on any atom is -0.322 e. The lowest BCUT2D eigenvalue weighted by Gasteiger charge is -2.08. The Labute approximate surface area is 147 Å². The topological polar surface area (TPSA) is 89.8 Å². The number of rotatable bonds is 4. The third-order valence-electron chi connectivity index (χ3n) is 4.24. The molecule has 1 aromatic carbocycles. The largest absolute Gasteiger partial charge is 0.322 e. The molecule has 0 unspecified atom stereocenters. The fourth-order valence-electron chi connectivity index (χ4n) is 3.02. The first-order valence-electron chi connectivity index (χ1n) is 7.93. The first-order chi connectivity index (χ1) is 12.1. The molecule has 0 spiro atoms. The van der Waals surface area contributed by atoms with Crippen molar-refractivity contribution in [3.05, 3.63) is 52.2 Å². The average Bonchev–Trinajstić information content (AvgIpc) is 3.31. The second kappa shape index (κ2) is 6.21. The van der Waals surface area contributed by atoms with Gasteiger partial charge >= 0.3 is 0 Å². The first kappa shape index (κ1) is 15.6. The van der Waals surface area contributed by atoms with Gasteiger partial charge in [-0.15, -0.1) is 16.4 Å². The van der Waals surface area contributed by atoms with Gasteiger partial charge in [-0.2, -0.15) is 4.68 Å². The number of anilines is 1. The number of hydrogen-bond acceptors (Lipinski definition) is 6. The average molecular weight is 353 g/mol. The number of thiophene rings is 1. The monoisotopic (exact) mass is 353 g/mol. The maximum absolute atomic E-state index is 12.9. The minimum absolute atomic E-state index is 0.00509. The quantitative estimate of drug-likeness (QED) is 0.728. The molecule has 2 heterocycles. The van der Waals surface area contributed by atoms with Crippen LogP contribution in [0.1, 0.15) is 44.5 Å². The van der Waals surface area contributed by atoms with E-state index in [1.54, 1.807) is 35.6 Å². The third kappa shape index (κ3) is 2.85. The summed E-state index contributed by atoms with van der Waals surface area (Å²) in [6.45, 7) is 1.51. The highest BCUT2D eigenvalue weighted by molar-refractivity contribution is 7.15. The molecule has 2 aromatic heterocycles. The summed E-state index contributed by atoms with van der Waals surface area (Å²) in [5.41, 5.74) is 2.99. The molecule has 0 bridgehead atoms. The molecule has 126 valence electrons. The van der Waals surface area contributed by atoms with Crippen molar-refractivity contribution < 1.29 is 9.59 Å². The summed E-state index contributed by atoms with van der Waals surface area (Å²) in [5, 5.41) is 14.9. The summed E-state index contributed by atoms with van der Waals surface area (Å²) in [4.78, 5) is 25.5. The Kier molecular flexibility index (Phi) is 3.89. The molecule has 1 N–H and O–H groups in total. The highest BCUT2D eigenvalue weighted by Crippen LogP contribution is 2.37. The van der Waals surface area contributed by atoms with Gasteiger partial charge in [0.1, 0.15) is 11.3 Å². The molecular weight excluding hydrogens is 338 g/mol. The van der Waals surface area contributed by atoms with Crippen LogP contribution >= 0.6 is 11.3 Å². The van der Waals surface area contributed by atoms with Crippen molar-refractivity contribution in [3.8, 4) is 5.00 Å². The molecule has 8 heteroatoms. The zero-order chi connectivity index (χ0) is 17.4. The number of fused-ring (bicyclic) bond motifs is 1. The van der Waals surface area contributed by atoms with E-state index in [0.717, 1.165) is 29.8 Å². The Bertz CT molecular complexity index is 944. The Hall–Kier alpha value is -2.87. The number of tetrazole rings is 1. The standard InChI is InChI=1S/C17H15N5O2S/c1-10(23)11-5-7-12(8-6-11)19-16(24)15-13-3-2-4-14(13)25-17(15)22-9-18-20-21-22/h5-9H,2-4H2,1H3,(H,19,24). The van der Waals surface area contributed by atoms with Crippen LogP contribution in [0.25, 0.3) is 5.00 Å². The van der Waals surface area contributed by atoms with Gasteiger partial charge in [0.15, 0.2) is 5.78 Å². The van der Waals surface area contributed by atoms with Crippen molar-refractivity contribution >= 4 is 28.7 Å². The van der Waals surface area contributed by atoms with Crippen molar-refractivity contribution in [2.24, 2.45) is 0 Å². The predicted molar refractivity (Wildman–Crippen MR) is 93.5 cm³/mol. The number of ketones is 1. The van der Waals surface area contributed by atoms with Crippen LogP contribution in [-0.2, 0) is 12.8 Å². The molecule has 1 amide bonds. The predicted octanol–water partition coefficient (Wildman–Crippen LogP) is 2.67. The van der Waals surface area contributed by atoms with E-state index in [1.807, 2.05) is 0 Å². The molecule has 0 saturated carbocycles. The van der Waals surface area contributed by atoms with E-state index in [2.05, 4.69) is 20.8 Å². The summed E-state index contributed by atoms with van der Waals surface area (Å²) in [6.07, 6.45) is 4.43. The van der Waals surface area contributed by atoms with E-state index in [9.17, 15) is 9.59 Å². The van der Waals surface area contributed by atoms with Crippen LogP contribution in [0.5, 0.6) is 0 Å². The molecular formula is C17H15N5O2S. The van der Waals surface area contributed by atoms with Gasteiger partial charge in [0.05, 0.1) is 5.56 Å². The molecule has 0 fully saturated rings. The van der Waals surface area contributed by atoms with Crippen LogP contribution < -0.4 is 5.32 Å². The highest BCUT2D eigenvalue weighted by atomic mass is 32.1. The third-order valence-corrected chi connectivity index (χ3v) is 5.52. The molecule has 0 saturated heterocycles. The number of aryl methyl sites for hydroxylation is 1. The number of nitrogens with zero attached hydrogens (tertiary/aromatic N) is 4. The molecule has 25 heavy (non-hydrogen) atoms. The van der Waals surface area contributed by atoms with Gasteiger partial charge < -0.3 is 5.32 Å². The smallest absolute Gasteiger partial charge is 0.259 e. The van der Waals surface area contributed by atoms with E-state index in [-0.39, 0.29) is 11.7 Å². The number of amides is 1. The number of Topliss-reactive ketones (excluding diaryl/α,β-unsaturated/α-hetero) is 1. The number of aromatic nitrogens is 4. The van der Waals surface area contributed by atoms with Crippen LogP contribution in [0.3, 0.4) is 0 Å². The van der Waals surface area contributed by atoms with Crippen LogP contribution in [0.15, 0.2) is 30.6 Å². The van der Waals surface area contributed by atoms with E-state index in [0.29, 0.717) is 16.8 Å². The maximum atomic E-state index is 12.9. The fourth-order valence-corrected chi connectivity index (χ4v) is 4.32. The van der Waals surface area contributed by atoms with E-state index < -0.39 is 0 Å². The maximum Gasteiger partial charge on any atom is 0.259 e. The highest BCUT2D eigenvalue weighted by Gasteiger charge is 2.28. The minimum atomic E-state index is -0.180. The summed E-state index contributed by atoms with van der Waals surface area (Å²) in [5.74, 6) is -0.185. The molecule has 0 radical (unpaired) electrons. The Morgan fingerprint density at radius 3 is 2.68 bits per heavy atom. The first-order valence-corrected chi connectivity index (χ1v) is 8.75. The summed E-state index contributed by atoms with van der Waals surface area (Å²) in [7, 11) is 0. The van der Waals surface area contributed by atoms with Gasteiger partial charge in [0.25, 0.3) is 5.91 Å². The van der Waals surface area contributed by atoms with Crippen molar-refractivity contribution in [2.45, 2.75) is 26.2 Å². The normalized spacial score (nSPS) is 12.8. The summed E-state index contributed by atoms with van der Waals surface area (Å²) < 4.78 is 1.54. The van der Waals surface area contributed by atoms with Gasteiger partial charge in [-0.25, -0.2) is 0 Å². The zero-order valence-corrected chi connectivity index (χ0v) is 14.3. The number of hydrogen-bond donors (Lipinski definition) is 1. The fraction of sp³-hybridized carbons (Fsp3) is 0.235. The van der Waals surface area contributed by atoms with Gasteiger partial charge in [-0.1, -0.05) is 0 Å². The van der Waals surface area contributed by atoms with Crippen LogP contribution in [0.4, 0.5) is 5.69 Å². The van der Waals surface area contributed by atoms with E-state index in [4.69, 9.17) is 0 Å². The lowest BCUT2D eigenvalue weighted by atomic mass is 10.1. The van der Waals surface area contributed by atoms with Crippen LogP contribution in [0, 0.1) is 0 Å². The van der Waals surface area contributed by atoms with Crippen molar-refractivity contribution in [1.29, 1.82) is 0 Å². The van der Waals surface area contributed by atoms with Gasteiger partial charge in [-0.05, 0) is 66.4 Å². The van der Waals surface area contributed by atoms with Crippen LogP contribution in [0.2, 0.25) is 0 Å². The van der Waals surface area contributed by atoms with E-state index >= 15 is 0 Å². The lowest BCUT2D eigenvalue weighted by molar-refractivity contribution is 0.101. The molecule has 4 rings (SSSR count). The van der Waals surface area contributed by atoms with Gasteiger partial charge in [0.2, 0.25) is 0 Å². The molecule has 0 aliphatic heterocycles. The van der Waals surface area contributed by atoms with Crippen LogP contribution in [-0.4, -0.2) is 31.9 Å². The molecule has 1 aliphatic rings. The zero-order valence-electron chi connectivity index (χ0n) is 13.5. The number of carbonyl (C=O) groups excluding carboxylic acids is 2. The molecule has 7 nitrogen and oxygen atoms in total. The molecule has 3 aromatic rings. The Morgan fingerprint density at radius 1 is 1.20 bits per heavy atom. The van der Waals surface area contributed by atoms with E-state index in [1.165, 1.54) is 22.8 Å². The Balaban J connectivity index is 1.67. The molecule has 0 atom stereocenters. The second-order valence-corrected chi connectivity index (χ2v) is 6.96. The molecule has 1 aliphatic carbocycles. The van der Waals surface area contributed by atoms with Gasteiger partial charge in [-0.3, -0.25) is 9.59 Å². The van der Waals surface area contributed by atoms with Crippen molar-refractivity contribution in [3.63, 3.8) is 0 Å². The van der Waals surface area contributed by atoms with Gasteiger partial charge in [0, 0.05) is 16.1 Å². The number of benzene rings is 1. The van der Waals surface area contributed by atoms with Crippen molar-refractivity contribution in [2.75, 3.05) is 5.32 Å². The SMILES string of the molecule is CC(=O)c1ccc(NC(=O)c2c(-n3cnnn3)sc3c2CCC3)cc1. The number of nitrogens with one attached hydrogen (secondary N) is 1. The summed E-state index contributed by atoms with van der Waals surface area (Å²) in [6, 6.07) is 6.88. The lowest BCUT2D eigenvalue weighted by Crippen LogP contribution is -2.15. The summed E-state index contributed by atoms with van der Waals surface area (Å²) >= 11 is 1.57.